The maximum atomic E-state index is 11.4. The monoisotopic (exact) mass is 309 g/mol. The molecule has 0 aliphatic carbocycles. The fourth-order valence-electron chi connectivity index (χ4n) is 2.66. The third-order valence-corrected chi connectivity index (χ3v) is 4.19. The fourth-order valence-corrected chi connectivity index (χ4v) is 2.66. The van der Waals surface area contributed by atoms with Gasteiger partial charge in [0, 0.05) is 13.6 Å². The summed E-state index contributed by atoms with van der Waals surface area (Å²) in [7, 11) is 1.89. The van der Waals surface area contributed by atoms with Crippen molar-refractivity contribution in [1.29, 1.82) is 0 Å². The van der Waals surface area contributed by atoms with Gasteiger partial charge in [-0.3, -0.25) is 0 Å². The molecule has 5 nitrogen and oxygen atoms in total. The molecule has 0 saturated heterocycles. The number of hydrogen-bond acceptors (Lipinski definition) is 3. The summed E-state index contributed by atoms with van der Waals surface area (Å²) in [6.45, 7) is 4.59. The zero-order valence-electron chi connectivity index (χ0n) is 13.4. The Morgan fingerprint density at radius 1 is 1.26 bits per heavy atom. The van der Waals surface area contributed by atoms with Gasteiger partial charge < -0.3 is 15.0 Å². The summed E-state index contributed by atoms with van der Waals surface area (Å²) < 4.78 is 1.90. The van der Waals surface area contributed by atoms with E-state index in [4.69, 9.17) is 0 Å². The Kier molecular flexibility index (Phi) is 3.78. The van der Waals surface area contributed by atoms with Crippen molar-refractivity contribution < 1.29 is 9.90 Å². The quantitative estimate of drug-likeness (QED) is 0.774. The minimum absolute atomic E-state index is 0.257. The molecule has 2 aromatic carbocycles. The number of carboxylic acids is 1. The largest absolute Gasteiger partial charge is 0.478 e. The summed E-state index contributed by atoms with van der Waals surface area (Å²) in [5.41, 5.74) is 4.98. The van der Waals surface area contributed by atoms with E-state index in [-0.39, 0.29) is 5.56 Å². The van der Waals surface area contributed by atoms with Crippen LogP contribution >= 0.6 is 0 Å². The average molecular weight is 309 g/mol. The van der Waals surface area contributed by atoms with E-state index in [1.807, 2.05) is 30.7 Å². The first-order valence-electron chi connectivity index (χ1n) is 7.46. The summed E-state index contributed by atoms with van der Waals surface area (Å²) in [6.07, 6.45) is 0. The number of benzene rings is 2. The Labute approximate surface area is 134 Å². The predicted molar refractivity (Wildman–Crippen MR) is 90.9 cm³/mol. The number of hydrogen-bond donors (Lipinski definition) is 2. The van der Waals surface area contributed by atoms with Gasteiger partial charge in [-0.25, -0.2) is 9.78 Å². The van der Waals surface area contributed by atoms with Crippen LogP contribution in [0.5, 0.6) is 0 Å². The molecule has 0 spiro atoms. The van der Waals surface area contributed by atoms with E-state index < -0.39 is 5.97 Å². The van der Waals surface area contributed by atoms with Crippen molar-refractivity contribution in [1.82, 2.24) is 9.55 Å². The van der Waals surface area contributed by atoms with E-state index in [2.05, 4.69) is 29.4 Å². The van der Waals surface area contributed by atoms with Gasteiger partial charge in [0.1, 0.15) is 11.3 Å². The van der Waals surface area contributed by atoms with Crippen LogP contribution in [0.4, 0.5) is 5.69 Å². The molecule has 0 radical (unpaired) electrons. The number of anilines is 1. The fraction of sp³-hybridized carbons (Fsp3) is 0.222. The van der Waals surface area contributed by atoms with Crippen molar-refractivity contribution in [3.05, 3.63) is 58.9 Å². The molecule has 3 aromatic rings. The van der Waals surface area contributed by atoms with Crippen molar-refractivity contribution in [2.24, 2.45) is 7.05 Å². The number of aromatic carboxylic acids is 1. The number of rotatable bonds is 4. The number of imidazole rings is 1. The maximum absolute atomic E-state index is 11.4. The van der Waals surface area contributed by atoms with Gasteiger partial charge in [0.25, 0.3) is 0 Å². The highest BCUT2D eigenvalue weighted by molar-refractivity contribution is 5.98. The topological polar surface area (TPSA) is 67.2 Å². The first kappa shape index (κ1) is 15.1. The molecule has 118 valence electrons. The first-order valence-corrected chi connectivity index (χ1v) is 7.46. The normalized spacial score (nSPS) is 10.9. The Balaban J connectivity index is 2.03. The second-order valence-electron chi connectivity index (χ2n) is 5.69. The molecule has 0 aliphatic rings. The van der Waals surface area contributed by atoms with E-state index in [9.17, 15) is 9.90 Å². The number of carbonyl (C=O) groups is 1. The molecule has 0 bridgehead atoms. The molecule has 2 N–H and O–H groups in total. The van der Waals surface area contributed by atoms with Gasteiger partial charge >= 0.3 is 5.97 Å². The number of carboxylic acid groups (broad SMARTS) is 1. The molecule has 0 fully saturated rings. The van der Waals surface area contributed by atoms with Crippen LogP contribution in [0.3, 0.4) is 0 Å². The third-order valence-electron chi connectivity index (χ3n) is 4.19. The third kappa shape index (κ3) is 2.77. The predicted octanol–water partition coefficient (Wildman–Crippen LogP) is 3.50. The number of nitrogens with zero attached hydrogens (tertiary/aromatic N) is 2. The molecule has 0 aliphatic heterocycles. The lowest BCUT2D eigenvalue weighted by Crippen LogP contribution is -2.04. The highest BCUT2D eigenvalue weighted by atomic mass is 16.4. The molecule has 1 aromatic heterocycles. The minimum Gasteiger partial charge on any atom is -0.478 e. The highest BCUT2D eigenvalue weighted by Crippen LogP contribution is 2.26. The smallest absolute Gasteiger partial charge is 0.335 e. The van der Waals surface area contributed by atoms with E-state index in [1.165, 1.54) is 11.1 Å². The summed E-state index contributed by atoms with van der Waals surface area (Å²) in [4.78, 5) is 15.9. The Bertz CT molecular complexity index is 897. The minimum atomic E-state index is -0.940. The number of aromatic nitrogens is 2. The molecule has 5 heteroatoms. The standard InChI is InChI=1S/C18H19N3O2/c1-11-6-4-5-7-13(11)10-19-15-8-14(18(22)23)9-16-17(15)20-12(2)21(16)3/h4-9,19H,10H2,1-3H3,(H,22,23). The van der Waals surface area contributed by atoms with Crippen LogP contribution in [0.15, 0.2) is 36.4 Å². The lowest BCUT2D eigenvalue weighted by molar-refractivity contribution is 0.0697. The lowest BCUT2D eigenvalue weighted by Gasteiger charge is -2.11. The highest BCUT2D eigenvalue weighted by Gasteiger charge is 2.14. The molecule has 0 saturated carbocycles. The van der Waals surface area contributed by atoms with Crippen molar-refractivity contribution in [3.63, 3.8) is 0 Å². The SMILES string of the molecule is Cc1ccccc1CNc1cc(C(=O)O)cc2c1nc(C)n2C. The van der Waals surface area contributed by atoms with Crippen molar-refractivity contribution in [3.8, 4) is 0 Å². The first-order chi connectivity index (χ1) is 11.0. The van der Waals surface area contributed by atoms with Crippen LogP contribution in [0.2, 0.25) is 0 Å². The molecule has 1 heterocycles. The number of aryl methyl sites for hydroxylation is 3. The second kappa shape index (κ2) is 5.76. The molecule has 0 atom stereocenters. The van der Waals surface area contributed by atoms with Gasteiger partial charge in [-0.2, -0.15) is 0 Å². The van der Waals surface area contributed by atoms with Gasteiger partial charge in [0.15, 0.2) is 0 Å². The average Bonchev–Trinajstić information content (AvgIpc) is 2.81. The van der Waals surface area contributed by atoms with Crippen LogP contribution in [0.25, 0.3) is 11.0 Å². The Morgan fingerprint density at radius 2 is 2.00 bits per heavy atom. The van der Waals surface area contributed by atoms with Crippen molar-refractivity contribution >= 4 is 22.7 Å². The molecule has 0 unspecified atom stereocenters. The van der Waals surface area contributed by atoms with Crippen LogP contribution in [-0.4, -0.2) is 20.6 Å². The summed E-state index contributed by atoms with van der Waals surface area (Å²) in [5, 5.41) is 12.7. The molecule has 0 amide bonds. The Hall–Kier alpha value is -2.82. The molecular weight excluding hydrogens is 290 g/mol. The number of nitrogens with one attached hydrogen (secondary N) is 1. The van der Waals surface area contributed by atoms with Crippen molar-refractivity contribution in [2.45, 2.75) is 20.4 Å². The van der Waals surface area contributed by atoms with E-state index in [1.54, 1.807) is 12.1 Å². The zero-order chi connectivity index (χ0) is 16.6. The summed E-state index contributed by atoms with van der Waals surface area (Å²) in [6, 6.07) is 11.4. The van der Waals surface area contributed by atoms with Crippen LogP contribution in [-0.2, 0) is 13.6 Å². The molecule has 23 heavy (non-hydrogen) atoms. The van der Waals surface area contributed by atoms with E-state index >= 15 is 0 Å². The van der Waals surface area contributed by atoms with Gasteiger partial charge in [0.2, 0.25) is 0 Å². The van der Waals surface area contributed by atoms with Crippen LogP contribution in [0.1, 0.15) is 27.3 Å². The van der Waals surface area contributed by atoms with Gasteiger partial charge in [0.05, 0.1) is 16.8 Å². The zero-order valence-corrected chi connectivity index (χ0v) is 13.4. The molecular formula is C18H19N3O2. The van der Waals surface area contributed by atoms with E-state index in [0.29, 0.717) is 6.54 Å². The summed E-state index contributed by atoms with van der Waals surface area (Å²) in [5.74, 6) is -0.0915. The summed E-state index contributed by atoms with van der Waals surface area (Å²) >= 11 is 0. The van der Waals surface area contributed by atoms with Crippen LogP contribution in [0, 0.1) is 13.8 Å². The van der Waals surface area contributed by atoms with E-state index in [0.717, 1.165) is 22.5 Å². The van der Waals surface area contributed by atoms with Gasteiger partial charge in [-0.15, -0.1) is 0 Å². The molecule has 3 rings (SSSR count). The number of fused-ring (bicyclic) bond motifs is 1. The van der Waals surface area contributed by atoms with Crippen LogP contribution < -0.4 is 5.32 Å². The lowest BCUT2D eigenvalue weighted by atomic mass is 10.1. The van der Waals surface area contributed by atoms with Crippen molar-refractivity contribution in [2.75, 3.05) is 5.32 Å². The Morgan fingerprint density at radius 3 is 2.70 bits per heavy atom. The second-order valence-corrected chi connectivity index (χ2v) is 5.69. The van der Waals surface area contributed by atoms with Gasteiger partial charge in [-0.1, -0.05) is 24.3 Å². The maximum Gasteiger partial charge on any atom is 0.335 e. The van der Waals surface area contributed by atoms with Gasteiger partial charge in [-0.05, 0) is 37.1 Å².